The molecule has 0 aromatic carbocycles. The lowest BCUT2D eigenvalue weighted by atomic mass is 10.4. The highest BCUT2D eigenvalue weighted by Crippen LogP contribution is 2.06. The number of ether oxygens (including phenoxy) is 4. The summed E-state index contributed by atoms with van der Waals surface area (Å²) in [5, 5.41) is 0. The zero-order valence-electron chi connectivity index (χ0n) is 12.2. The molecule has 0 saturated carbocycles. The van der Waals surface area contributed by atoms with Gasteiger partial charge in [-0.1, -0.05) is 25.3 Å². The number of hydrogen-bond acceptors (Lipinski definition) is 6. The smallest absolute Gasteiger partial charge is 0.335 e. The van der Waals surface area contributed by atoms with Crippen molar-refractivity contribution in [2.75, 3.05) is 13.2 Å². The first-order chi connectivity index (χ1) is 9.42. The molecule has 114 valence electrons. The third-order valence-corrected chi connectivity index (χ3v) is 2.14. The molecular formula is C14H22O6. The average Bonchev–Trinajstić information content (AvgIpc) is 2.41. The molecular weight excluding hydrogens is 264 g/mol. The molecule has 0 N–H and O–H groups in total. The molecule has 0 aliphatic heterocycles. The fraction of sp³-hybridized carbons (Fsp3) is 0.571. The Morgan fingerprint density at radius 1 is 0.900 bits per heavy atom. The van der Waals surface area contributed by atoms with E-state index in [0.29, 0.717) is 0 Å². The largest absolute Gasteiger partial charge is 0.460 e. The second-order valence-electron chi connectivity index (χ2n) is 3.96. The van der Waals surface area contributed by atoms with E-state index in [4.69, 9.17) is 18.9 Å². The Hall–Kier alpha value is -1.66. The molecule has 0 aliphatic carbocycles. The molecule has 0 heterocycles. The summed E-state index contributed by atoms with van der Waals surface area (Å²) in [6.07, 6.45) is 0.556. The number of carbonyl (C=O) groups excluding carboxylic acids is 2. The average molecular weight is 286 g/mol. The molecule has 20 heavy (non-hydrogen) atoms. The van der Waals surface area contributed by atoms with Gasteiger partial charge in [0.05, 0.1) is 0 Å². The quantitative estimate of drug-likeness (QED) is 0.345. The van der Waals surface area contributed by atoms with Gasteiger partial charge in [0.15, 0.2) is 18.5 Å². The topological polar surface area (TPSA) is 71.1 Å². The van der Waals surface area contributed by atoms with E-state index < -0.39 is 30.4 Å². The van der Waals surface area contributed by atoms with Gasteiger partial charge in [-0.3, -0.25) is 0 Å². The maximum absolute atomic E-state index is 11.4. The second-order valence-corrected chi connectivity index (χ2v) is 3.96. The van der Waals surface area contributed by atoms with Gasteiger partial charge in [0, 0.05) is 0 Å². The Bertz CT molecular complexity index is 307. The van der Waals surface area contributed by atoms with Gasteiger partial charge in [-0.2, -0.15) is 0 Å². The summed E-state index contributed by atoms with van der Waals surface area (Å²) in [4.78, 5) is 22.9. The van der Waals surface area contributed by atoms with Gasteiger partial charge in [-0.05, 0) is 20.8 Å². The van der Waals surface area contributed by atoms with Gasteiger partial charge >= 0.3 is 11.9 Å². The SMILES string of the molecule is C=CCOC(=O)[C@@H](C)OC(C)O[C@H](C)C(=O)OCC=C. The van der Waals surface area contributed by atoms with E-state index in [9.17, 15) is 9.59 Å². The predicted molar refractivity (Wildman–Crippen MR) is 72.9 cm³/mol. The highest BCUT2D eigenvalue weighted by atomic mass is 16.7. The van der Waals surface area contributed by atoms with Crippen LogP contribution in [0.4, 0.5) is 0 Å². The summed E-state index contributed by atoms with van der Waals surface area (Å²) in [5.74, 6) is -1.05. The highest BCUT2D eigenvalue weighted by Gasteiger charge is 2.22. The van der Waals surface area contributed by atoms with E-state index in [1.165, 1.54) is 26.0 Å². The summed E-state index contributed by atoms with van der Waals surface area (Å²) in [6.45, 7) is 11.7. The molecule has 0 bridgehead atoms. The van der Waals surface area contributed by atoms with Crippen LogP contribution in [0.15, 0.2) is 25.3 Å². The lowest BCUT2D eigenvalue weighted by Crippen LogP contribution is -2.33. The van der Waals surface area contributed by atoms with Crippen LogP contribution in [-0.2, 0) is 28.5 Å². The van der Waals surface area contributed by atoms with E-state index >= 15 is 0 Å². The lowest BCUT2D eigenvalue weighted by molar-refractivity contribution is -0.203. The Balaban J connectivity index is 4.10. The Kier molecular flexibility index (Phi) is 9.32. The van der Waals surface area contributed by atoms with E-state index in [1.54, 1.807) is 6.92 Å². The Labute approximate surface area is 119 Å². The van der Waals surface area contributed by atoms with Crippen molar-refractivity contribution in [1.82, 2.24) is 0 Å². The van der Waals surface area contributed by atoms with Crippen LogP contribution in [0.1, 0.15) is 20.8 Å². The maximum Gasteiger partial charge on any atom is 0.335 e. The normalized spacial score (nSPS) is 13.4. The van der Waals surface area contributed by atoms with Gasteiger partial charge in [-0.15, -0.1) is 0 Å². The first kappa shape index (κ1) is 18.3. The van der Waals surface area contributed by atoms with Gasteiger partial charge < -0.3 is 18.9 Å². The number of hydrogen-bond donors (Lipinski definition) is 0. The van der Waals surface area contributed by atoms with Crippen LogP contribution in [0.25, 0.3) is 0 Å². The first-order valence-corrected chi connectivity index (χ1v) is 6.28. The summed E-state index contributed by atoms with van der Waals surface area (Å²) < 4.78 is 20.2. The molecule has 6 heteroatoms. The standard InChI is InChI=1S/C14H22O6/c1-6-8-17-13(15)10(3)19-12(5)20-11(4)14(16)18-9-7-2/h6-7,10-12H,1-2,8-9H2,3-5H3/t10-,11-/m1/s1. The zero-order chi connectivity index (χ0) is 15.5. The summed E-state index contributed by atoms with van der Waals surface area (Å²) in [7, 11) is 0. The van der Waals surface area contributed by atoms with Crippen LogP contribution >= 0.6 is 0 Å². The summed E-state index contributed by atoms with van der Waals surface area (Å²) >= 11 is 0. The third kappa shape index (κ3) is 7.70. The minimum Gasteiger partial charge on any atom is -0.460 e. The van der Waals surface area contributed by atoms with Crippen molar-refractivity contribution >= 4 is 11.9 Å². The second kappa shape index (κ2) is 10.2. The van der Waals surface area contributed by atoms with Gasteiger partial charge in [0.25, 0.3) is 0 Å². The maximum atomic E-state index is 11.4. The van der Waals surface area contributed by atoms with Crippen molar-refractivity contribution < 1.29 is 28.5 Å². The molecule has 0 radical (unpaired) electrons. The molecule has 0 rings (SSSR count). The summed E-state index contributed by atoms with van der Waals surface area (Å²) in [6, 6.07) is 0. The first-order valence-electron chi connectivity index (χ1n) is 6.28. The summed E-state index contributed by atoms with van der Waals surface area (Å²) in [5.41, 5.74) is 0. The highest BCUT2D eigenvalue weighted by molar-refractivity contribution is 5.74. The molecule has 0 aliphatic rings. The molecule has 0 amide bonds. The van der Waals surface area contributed by atoms with Crippen LogP contribution in [-0.4, -0.2) is 43.7 Å². The van der Waals surface area contributed by atoms with Crippen molar-refractivity contribution in [2.45, 2.75) is 39.3 Å². The van der Waals surface area contributed by atoms with E-state index in [-0.39, 0.29) is 13.2 Å². The van der Waals surface area contributed by atoms with E-state index in [0.717, 1.165) is 0 Å². The fourth-order valence-electron chi connectivity index (χ4n) is 1.23. The van der Waals surface area contributed by atoms with Crippen LogP contribution in [0.5, 0.6) is 0 Å². The van der Waals surface area contributed by atoms with Crippen molar-refractivity contribution in [1.29, 1.82) is 0 Å². The fourth-order valence-corrected chi connectivity index (χ4v) is 1.23. The van der Waals surface area contributed by atoms with Crippen LogP contribution in [0.3, 0.4) is 0 Å². The lowest BCUT2D eigenvalue weighted by Gasteiger charge is -2.21. The van der Waals surface area contributed by atoms with Gasteiger partial charge in [-0.25, -0.2) is 9.59 Å². The van der Waals surface area contributed by atoms with Gasteiger partial charge in [0.1, 0.15) is 13.2 Å². The molecule has 6 nitrogen and oxygen atoms in total. The Morgan fingerprint density at radius 3 is 1.55 bits per heavy atom. The van der Waals surface area contributed by atoms with E-state index in [2.05, 4.69) is 13.2 Å². The molecule has 0 aromatic rings. The molecule has 0 spiro atoms. The minimum absolute atomic E-state index is 0.117. The molecule has 0 saturated heterocycles. The van der Waals surface area contributed by atoms with E-state index in [1.807, 2.05) is 0 Å². The van der Waals surface area contributed by atoms with Crippen LogP contribution in [0, 0.1) is 0 Å². The molecule has 2 atom stereocenters. The van der Waals surface area contributed by atoms with Gasteiger partial charge in [0.2, 0.25) is 0 Å². The zero-order valence-corrected chi connectivity index (χ0v) is 12.2. The van der Waals surface area contributed by atoms with Crippen molar-refractivity contribution in [3.8, 4) is 0 Å². The van der Waals surface area contributed by atoms with Crippen molar-refractivity contribution in [2.24, 2.45) is 0 Å². The molecule has 0 unspecified atom stereocenters. The number of carbonyl (C=O) groups is 2. The third-order valence-electron chi connectivity index (χ3n) is 2.14. The molecule has 0 aromatic heterocycles. The number of rotatable bonds is 10. The Morgan fingerprint density at radius 2 is 1.25 bits per heavy atom. The molecule has 0 fully saturated rings. The van der Waals surface area contributed by atoms with Crippen LogP contribution in [0.2, 0.25) is 0 Å². The van der Waals surface area contributed by atoms with Crippen molar-refractivity contribution in [3.05, 3.63) is 25.3 Å². The van der Waals surface area contributed by atoms with Crippen LogP contribution < -0.4 is 0 Å². The minimum atomic E-state index is -0.804. The number of esters is 2. The van der Waals surface area contributed by atoms with Crippen molar-refractivity contribution in [3.63, 3.8) is 0 Å². The predicted octanol–water partition coefficient (Wildman–Crippen LogP) is 1.60. The monoisotopic (exact) mass is 286 g/mol.